The minimum atomic E-state index is -0.176. The first-order valence-corrected chi connectivity index (χ1v) is 7.79. The van der Waals surface area contributed by atoms with Gasteiger partial charge in [-0.3, -0.25) is 4.90 Å². The number of nitrogens with zero attached hydrogens (tertiary/aromatic N) is 1. The number of rotatable bonds is 6. The lowest BCUT2D eigenvalue weighted by Crippen LogP contribution is -2.55. The van der Waals surface area contributed by atoms with Gasteiger partial charge in [-0.25, -0.2) is 0 Å². The van der Waals surface area contributed by atoms with Crippen LogP contribution in [0.4, 0.5) is 0 Å². The molecule has 2 heteroatoms. The predicted octanol–water partition coefficient (Wildman–Crippen LogP) is 3.83. The zero-order chi connectivity index (χ0) is 13.8. The van der Waals surface area contributed by atoms with Crippen LogP contribution in [-0.4, -0.2) is 34.7 Å². The minimum absolute atomic E-state index is 0.0295. The fourth-order valence-corrected chi connectivity index (χ4v) is 3.38. The maximum absolute atomic E-state index is 10.7. The van der Waals surface area contributed by atoms with Gasteiger partial charge in [-0.05, 0) is 57.0 Å². The Kier molecular flexibility index (Phi) is 5.67. The van der Waals surface area contributed by atoms with Gasteiger partial charge < -0.3 is 5.11 Å². The Balaban J connectivity index is 2.70. The molecule has 0 saturated carbocycles. The molecule has 1 saturated heterocycles. The molecule has 1 N–H and O–H groups in total. The first-order valence-electron chi connectivity index (χ1n) is 7.79. The van der Waals surface area contributed by atoms with Crippen molar-refractivity contribution in [3.8, 4) is 0 Å². The molecule has 0 radical (unpaired) electrons. The first kappa shape index (κ1) is 16.0. The van der Waals surface area contributed by atoms with Gasteiger partial charge in [0.15, 0.2) is 0 Å². The van der Waals surface area contributed by atoms with Gasteiger partial charge >= 0.3 is 0 Å². The molecule has 108 valence electrons. The van der Waals surface area contributed by atoms with Crippen molar-refractivity contribution in [2.24, 2.45) is 5.41 Å². The van der Waals surface area contributed by atoms with Crippen molar-refractivity contribution in [1.82, 2.24) is 4.90 Å². The Morgan fingerprint density at radius 2 is 1.56 bits per heavy atom. The standard InChI is InChI=1S/C16H33NO/c1-6-16(7-2,17-12-8-9-13-17)14(18)10-11-15(3,4)5/h14,18H,6-13H2,1-5H3. The molecule has 1 aliphatic heterocycles. The van der Waals surface area contributed by atoms with Crippen molar-refractivity contribution in [2.45, 2.75) is 84.8 Å². The van der Waals surface area contributed by atoms with Crippen LogP contribution in [0.5, 0.6) is 0 Å². The van der Waals surface area contributed by atoms with Gasteiger partial charge in [-0.1, -0.05) is 34.6 Å². The molecule has 0 aromatic heterocycles. The Bertz CT molecular complexity index is 234. The number of hydrogen-bond acceptors (Lipinski definition) is 2. The molecule has 0 aromatic rings. The molecular formula is C16H33NO. The second-order valence-electron chi connectivity index (χ2n) is 7.12. The van der Waals surface area contributed by atoms with Gasteiger partial charge in [0.2, 0.25) is 0 Å². The number of hydrogen-bond donors (Lipinski definition) is 1. The number of likely N-dealkylation sites (tertiary alicyclic amines) is 1. The predicted molar refractivity (Wildman–Crippen MR) is 78.8 cm³/mol. The summed E-state index contributed by atoms with van der Waals surface area (Å²) in [7, 11) is 0. The molecule has 2 nitrogen and oxygen atoms in total. The quantitative estimate of drug-likeness (QED) is 0.780. The highest BCUT2D eigenvalue weighted by Gasteiger charge is 2.41. The average molecular weight is 255 g/mol. The maximum Gasteiger partial charge on any atom is 0.0723 e. The van der Waals surface area contributed by atoms with Gasteiger partial charge in [-0.2, -0.15) is 0 Å². The molecule has 1 aliphatic rings. The van der Waals surface area contributed by atoms with Crippen LogP contribution in [0, 0.1) is 5.41 Å². The zero-order valence-corrected chi connectivity index (χ0v) is 13.1. The summed E-state index contributed by atoms with van der Waals surface area (Å²) in [5.74, 6) is 0. The van der Waals surface area contributed by atoms with Crippen molar-refractivity contribution in [1.29, 1.82) is 0 Å². The molecule has 0 aliphatic carbocycles. The summed E-state index contributed by atoms with van der Waals surface area (Å²) < 4.78 is 0. The fraction of sp³-hybridized carbons (Fsp3) is 1.00. The van der Waals surface area contributed by atoms with Crippen LogP contribution in [-0.2, 0) is 0 Å². The van der Waals surface area contributed by atoms with E-state index in [0.717, 1.165) is 25.7 Å². The third-order valence-electron chi connectivity index (χ3n) is 4.75. The third kappa shape index (κ3) is 3.71. The second-order valence-corrected chi connectivity index (χ2v) is 7.12. The van der Waals surface area contributed by atoms with E-state index in [9.17, 15) is 5.11 Å². The highest BCUT2D eigenvalue weighted by atomic mass is 16.3. The Hall–Kier alpha value is -0.0800. The second kappa shape index (κ2) is 6.38. The Morgan fingerprint density at radius 1 is 1.06 bits per heavy atom. The van der Waals surface area contributed by atoms with Crippen LogP contribution >= 0.6 is 0 Å². The Morgan fingerprint density at radius 3 is 1.94 bits per heavy atom. The van der Waals surface area contributed by atoms with Gasteiger partial charge in [0, 0.05) is 5.54 Å². The molecule has 1 rings (SSSR count). The van der Waals surface area contributed by atoms with Crippen LogP contribution in [0.2, 0.25) is 0 Å². The van der Waals surface area contributed by atoms with E-state index in [1.165, 1.54) is 25.9 Å². The number of aliphatic hydroxyl groups is 1. The molecule has 0 bridgehead atoms. The van der Waals surface area contributed by atoms with E-state index >= 15 is 0 Å². The lowest BCUT2D eigenvalue weighted by molar-refractivity contribution is -0.0360. The smallest absolute Gasteiger partial charge is 0.0723 e. The van der Waals surface area contributed by atoms with Crippen LogP contribution in [0.1, 0.15) is 73.1 Å². The molecule has 0 amide bonds. The molecule has 18 heavy (non-hydrogen) atoms. The highest BCUT2D eigenvalue weighted by Crippen LogP contribution is 2.35. The lowest BCUT2D eigenvalue weighted by atomic mass is 9.79. The lowest BCUT2D eigenvalue weighted by Gasteiger charge is -2.45. The van der Waals surface area contributed by atoms with Crippen LogP contribution in [0.3, 0.4) is 0 Å². The molecule has 1 atom stereocenters. The molecule has 0 spiro atoms. The van der Waals surface area contributed by atoms with E-state index in [1.807, 2.05) is 0 Å². The van der Waals surface area contributed by atoms with Gasteiger partial charge in [0.1, 0.15) is 0 Å². The average Bonchev–Trinajstić information content (AvgIpc) is 2.82. The minimum Gasteiger partial charge on any atom is -0.391 e. The van der Waals surface area contributed by atoms with Crippen molar-refractivity contribution in [2.75, 3.05) is 13.1 Å². The van der Waals surface area contributed by atoms with E-state index in [0.29, 0.717) is 5.41 Å². The largest absolute Gasteiger partial charge is 0.391 e. The fourth-order valence-electron chi connectivity index (χ4n) is 3.38. The summed E-state index contributed by atoms with van der Waals surface area (Å²) in [6, 6.07) is 0. The normalized spacial score (nSPS) is 20.3. The zero-order valence-electron chi connectivity index (χ0n) is 13.1. The van der Waals surface area contributed by atoms with E-state index < -0.39 is 0 Å². The summed E-state index contributed by atoms with van der Waals surface area (Å²) in [5, 5.41) is 10.7. The molecular weight excluding hydrogens is 222 g/mol. The van der Waals surface area contributed by atoms with Gasteiger partial charge in [0.05, 0.1) is 6.10 Å². The van der Waals surface area contributed by atoms with Crippen molar-refractivity contribution in [3.63, 3.8) is 0 Å². The topological polar surface area (TPSA) is 23.5 Å². The van der Waals surface area contributed by atoms with E-state index in [1.54, 1.807) is 0 Å². The van der Waals surface area contributed by atoms with Gasteiger partial charge in [0.25, 0.3) is 0 Å². The van der Waals surface area contributed by atoms with Crippen LogP contribution < -0.4 is 0 Å². The highest BCUT2D eigenvalue weighted by molar-refractivity contribution is 4.97. The molecule has 1 heterocycles. The van der Waals surface area contributed by atoms with E-state index in [2.05, 4.69) is 39.5 Å². The Labute approximate surface area is 114 Å². The molecule has 1 fully saturated rings. The van der Waals surface area contributed by atoms with Crippen LogP contribution in [0.15, 0.2) is 0 Å². The summed E-state index contributed by atoms with van der Waals surface area (Å²) in [5.41, 5.74) is 0.348. The maximum atomic E-state index is 10.7. The summed E-state index contributed by atoms with van der Waals surface area (Å²) in [6.07, 6.45) is 6.58. The third-order valence-corrected chi connectivity index (χ3v) is 4.75. The van der Waals surface area contributed by atoms with E-state index in [4.69, 9.17) is 0 Å². The first-order chi connectivity index (χ1) is 8.35. The molecule has 1 unspecified atom stereocenters. The summed E-state index contributed by atoms with van der Waals surface area (Å²) in [6.45, 7) is 13.6. The van der Waals surface area contributed by atoms with Crippen molar-refractivity contribution >= 4 is 0 Å². The van der Waals surface area contributed by atoms with E-state index in [-0.39, 0.29) is 11.6 Å². The SMILES string of the molecule is CCC(CC)(C(O)CCC(C)(C)C)N1CCCC1. The molecule has 0 aromatic carbocycles. The van der Waals surface area contributed by atoms with Crippen LogP contribution in [0.25, 0.3) is 0 Å². The van der Waals surface area contributed by atoms with Gasteiger partial charge in [-0.15, -0.1) is 0 Å². The van der Waals surface area contributed by atoms with Crippen molar-refractivity contribution < 1.29 is 5.11 Å². The summed E-state index contributed by atoms with van der Waals surface area (Å²) >= 11 is 0. The summed E-state index contributed by atoms with van der Waals surface area (Å²) in [4.78, 5) is 2.56. The van der Waals surface area contributed by atoms with Crippen molar-refractivity contribution in [3.05, 3.63) is 0 Å². The number of aliphatic hydroxyl groups excluding tert-OH is 1. The monoisotopic (exact) mass is 255 g/mol.